The van der Waals surface area contributed by atoms with Crippen LogP contribution < -0.4 is 0 Å². The number of thiophene rings is 1. The van der Waals surface area contributed by atoms with Gasteiger partial charge in [-0.05, 0) is 43.3 Å². The van der Waals surface area contributed by atoms with E-state index < -0.39 is 0 Å². The predicted molar refractivity (Wildman–Crippen MR) is 97.0 cm³/mol. The van der Waals surface area contributed by atoms with E-state index >= 15 is 0 Å². The van der Waals surface area contributed by atoms with Crippen LogP contribution in [0.5, 0.6) is 0 Å². The molecular weight excluding hydrogens is 319 g/mol. The number of hydrogen-bond acceptors (Lipinski definition) is 2. The van der Waals surface area contributed by atoms with E-state index in [2.05, 4.69) is 19.1 Å². The van der Waals surface area contributed by atoms with Crippen molar-refractivity contribution in [2.24, 2.45) is 0 Å². The highest BCUT2D eigenvalue weighted by atomic mass is 32.1. The van der Waals surface area contributed by atoms with Gasteiger partial charge in [-0.1, -0.05) is 30.3 Å². The molecule has 118 valence electrons. The molecule has 4 heteroatoms. The van der Waals surface area contributed by atoms with Crippen molar-refractivity contribution in [1.29, 1.82) is 0 Å². The first-order valence-electron chi connectivity index (χ1n) is 7.68. The fourth-order valence-electron chi connectivity index (χ4n) is 2.66. The molecule has 0 saturated carbocycles. The molecule has 0 radical (unpaired) electrons. The average Bonchev–Trinajstić information content (AvgIpc) is 3.23. The van der Waals surface area contributed by atoms with Gasteiger partial charge in [0.15, 0.2) is 0 Å². The van der Waals surface area contributed by atoms with Crippen LogP contribution in [0.3, 0.4) is 0 Å². The van der Waals surface area contributed by atoms with Crippen molar-refractivity contribution in [2.75, 3.05) is 0 Å². The maximum atomic E-state index is 13.3. The summed E-state index contributed by atoms with van der Waals surface area (Å²) in [6, 6.07) is 20.7. The Morgan fingerprint density at radius 1 is 0.917 bits per heavy atom. The third kappa shape index (κ3) is 2.76. The molecule has 2 aromatic heterocycles. The van der Waals surface area contributed by atoms with E-state index in [-0.39, 0.29) is 5.82 Å². The van der Waals surface area contributed by atoms with Crippen molar-refractivity contribution in [1.82, 2.24) is 9.55 Å². The smallest absolute Gasteiger partial charge is 0.145 e. The molecule has 4 rings (SSSR count). The first kappa shape index (κ1) is 14.8. The van der Waals surface area contributed by atoms with Crippen LogP contribution in [0.25, 0.3) is 27.6 Å². The van der Waals surface area contributed by atoms with Crippen LogP contribution in [0.15, 0.2) is 72.9 Å². The lowest BCUT2D eigenvalue weighted by Gasteiger charge is -2.07. The lowest BCUT2D eigenvalue weighted by atomic mass is 10.2. The SMILES string of the molecule is Cc1ccc(-c2cn(-c3ccc(F)cc3)c(-c3ccccc3)n2)s1. The van der Waals surface area contributed by atoms with E-state index in [0.717, 1.165) is 27.6 Å². The van der Waals surface area contributed by atoms with Crippen LogP contribution >= 0.6 is 11.3 Å². The number of benzene rings is 2. The van der Waals surface area contributed by atoms with E-state index in [4.69, 9.17) is 4.98 Å². The Labute approximate surface area is 143 Å². The maximum absolute atomic E-state index is 13.3. The minimum absolute atomic E-state index is 0.241. The molecule has 0 unspecified atom stereocenters. The molecule has 0 N–H and O–H groups in total. The molecule has 0 saturated heterocycles. The van der Waals surface area contributed by atoms with Gasteiger partial charge in [-0.15, -0.1) is 11.3 Å². The summed E-state index contributed by atoms with van der Waals surface area (Å²) in [5.74, 6) is 0.609. The van der Waals surface area contributed by atoms with Crippen LogP contribution in [-0.2, 0) is 0 Å². The predicted octanol–water partition coefficient (Wildman–Crippen LogP) is 5.72. The van der Waals surface area contributed by atoms with Crippen LogP contribution in [-0.4, -0.2) is 9.55 Å². The van der Waals surface area contributed by atoms with Crippen LogP contribution in [0.1, 0.15) is 4.88 Å². The topological polar surface area (TPSA) is 17.8 Å². The number of imidazole rings is 1. The molecule has 0 spiro atoms. The zero-order valence-electron chi connectivity index (χ0n) is 13.1. The molecule has 24 heavy (non-hydrogen) atoms. The first-order chi connectivity index (χ1) is 11.7. The lowest BCUT2D eigenvalue weighted by Crippen LogP contribution is -1.96. The number of halogens is 1. The third-order valence-electron chi connectivity index (χ3n) is 3.84. The first-order valence-corrected chi connectivity index (χ1v) is 8.50. The molecular formula is C20H15FN2S. The van der Waals surface area contributed by atoms with E-state index in [9.17, 15) is 4.39 Å². The average molecular weight is 334 g/mol. The van der Waals surface area contributed by atoms with E-state index in [1.807, 2.05) is 41.1 Å². The van der Waals surface area contributed by atoms with Gasteiger partial charge in [0.1, 0.15) is 11.6 Å². The van der Waals surface area contributed by atoms with Gasteiger partial charge in [-0.3, -0.25) is 4.57 Å². The number of aromatic nitrogens is 2. The van der Waals surface area contributed by atoms with E-state index in [1.165, 1.54) is 17.0 Å². The molecule has 0 bridgehead atoms. The number of aryl methyl sites for hydroxylation is 1. The summed E-state index contributed by atoms with van der Waals surface area (Å²) in [7, 11) is 0. The number of hydrogen-bond donors (Lipinski definition) is 0. The summed E-state index contributed by atoms with van der Waals surface area (Å²) in [4.78, 5) is 7.22. The monoisotopic (exact) mass is 334 g/mol. The van der Waals surface area contributed by atoms with Gasteiger partial charge >= 0.3 is 0 Å². The zero-order chi connectivity index (χ0) is 16.5. The van der Waals surface area contributed by atoms with E-state index in [0.29, 0.717) is 0 Å². The Morgan fingerprint density at radius 2 is 1.67 bits per heavy atom. The summed E-state index contributed by atoms with van der Waals surface area (Å²) >= 11 is 1.72. The highest BCUT2D eigenvalue weighted by Gasteiger charge is 2.14. The fourth-order valence-corrected chi connectivity index (χ4v) is 3.48. The fraction of sp³-hybridized carbons (Fsp3) is 0.0500. The van der Waals surface area contributed by atoms with Gasteiger partial charge in [0.05, 0.1) is 10.6 Å². The van der Waals surface area contributed by atoms with Crippen molar-refractivity contribution >= 4 is 11.3 Å². The molecule has 2 heterocycles. The molecule has 0 fully saturated rings. The molecule has 0 amide bonds. The van der Waals surface area contributed by atoms with Gasteiger partial charge in [-0.2, -0.15) is 0 Å². The Bertz CT molecular complexity index is 969. The maximum Gasteiger partial charge on any atom is 0.145 e. The molecule has 0 aliphatic heterocycles. The third-order valence-corrected chi connectivity index (χ3v) is 4.86. The van der Waals surface area contributed by atoms with Crippen LogP contribution in [0, 0.1) is 12.7 Å². The number of nitrogens with zero attached hydrogens (tertiary/aromatic N) is 2. The standard InChI is InChI=1S/C20H15FN2S/c1-14-7-12-19(24-14)18-13-23(17-10-8-16(21)9-11-17)20(22-18)15-5-3-2-4-6-15/h2-13H,1H3. The molecule has 0 aliphatic carbocycles. The minimum Gasteiger partial charge on any atom is -0.299 e. The summed E-state index contributed by atoms with van der Waals surface area (Å²) in [5.41, 5.74) is 2.85. The summed E-state index contributed by atoms with van der Waals surface area (Å²) in [6.45, 7) is 2.09. The van der Waals surface area contributed by atoms with Gasteiger partial charge < -0.3 is 0 Å². The highest BCUT2D eigenvalue weighted by molar-refractivity contribution is 7.15. The van der Waals surface area contributed by atoms with Crippen LogP contribution in [0.2, 0.25) is 0 Å². The van der Waals surface area contributed by atoms with Crippen LogP contribution in [0.4, 0.5) is 4.39 Å². The second-order valence-electron chi connectivity index (χ2n) is 5.57. The second kappa shape index (κ2) is 6.06. The van der Waals surface area contributed by atoms with Gasteiger partial charge in [0, 0.05) is 22.3 Å². The Hall–Kier alpha value is -2.72. The van der Waals surface area contributed by atoms with Crippen molar-refractivity contribution < 1.29 is 4.39 Å². The minimum atomic E-state index is -0.241. The van der Waals surface area contributed by atoms with Crippen molar-refractivity contribution in [3.8, 4) is 27.6 Å². The zero-order valence-corrected chi connectivity index (χ0v) is 13.9. The van der Waals surface area contributed by atoms with E-state index in [1.54, 1.807) is 23.5 Å². The highest BCUT2D eigenvalue weighted by Crippen LogP contribution is 2.31. The Kier molecular flexibility index (Phi) is 3.75. The lowest BCUT2D eigenvalue weighted by molar-refractivity contribution is 0.627. The summed E-state index contributed by atoms with van der Waals surface area (Å²) in [6.07, 6.45) is 2.01. The van der Waals surface area contributed by atoms with Crippen molar-refractivity contribution in [3.63, 3.8) is 0 Å². The Balaban J connectivity index is 1.90. The largest absolute Gasteiger partial charge is 0.299 e. The number of rotatable bonds is 3. The molecule has 0 aliphatic rings. The molecule has 2 aromatic carbocycles. The van der Waals surface area contributed by atoms with Gasteiger partial charge in [-0.25, -0.2) is 9.37 Å². The Morgan fingerprint density at radius 3 is 2.33 bits per heavy atom. The molecule has 0 atom stereocenters. The molecule has 2 nitrogen and oxygen atoms in total. The van der Waals surface area contributed by atoms with Gasteiger partial charge in [0.2, 0.25) is 0 Å². The van der Waals surface area contributed by atoms with Crippen molar-refractivity contribution in [3.05, 3.63) is 83.6 Å². The molecule has 4 aromatic rings. The van der Waals surface area contributed by atoms with Crippen molar-refractivity contribution in [2.45, 2.75) is 6.92 Å². The quantitative estimate of drug-likeness (QED) is 0.469. The normalized spacial score (nSPS) is 10.9. The summed E-state index contributed by atoms with van der Waals surface area (Å²) < 4.78 is 15.3. The second-order valence-corrected chi connectivity index (χ2v) is 6.86. The summed E-state index contributed by atoms with van der Waals surface area (Å²) in [5, 5.41) is 0. The van der Waals surface area contributed by atoms with Gasteiger partial charge in [0.25, 0.3) is 0 Å².